The zero-order chi connectivity index (χ0) is 10.4. The molecule has 0 spiro atoms. The molecule has 0 bridgehead atoms. The fourth-order valence-corrected chi connectivity index (χ4v) is 0.818. The van der Waals surface area contributed by atoms with Gasteiger partial charge in [0.05, 0.1) is 12.6 Å². The molecule has 3 N–H and O–H groups in total. The molecular weight excluding hydrogens is 174 g/mol. The maximum absolute atomic E-state index is 10.9. The molecule has 0 saturated heterocycles. The van der Waals surface area contributed by atoms with Crippen molar-refractivity contribution in [3.63, 3.8) is 0 Å². The van der Waals surface area contributed by atoms with Gasteiger partial charge in [0, 0.05) is 0 Å². The van der Waals surface area contributed by atoms with Crippen LogP contribution in [0.2, 0.25) is 0 Å². The van der Waals surface area contributed by atoms with Crippen LogP contribution in [0.4, 0.5) is 0 Å². The third-order valence-electron chi connectivity index (χ3n) is 1.66. The summed E-state index contributed by atoms with van der Waals surface area (Å²) in [6.45, 7) is 3.49. The molecule has 0 fully saturated rings. The summed E-state index contributed by atoms with van der Waals surface area (Å²) in [6, 6.07) is -0.369. The van der Waals surface area contributed by atoms with Gasteiger partial charge in [0.1, 0.15) is 6.42 Å². The molecule has 0 rings (SSSR count). The molecule has 0 aliphatic heterocycles. The molecular formula is C8H15NO4. The Morgan fingerprint density at radius 3 is 2.23 bits per heavy atom. The molecule has 1 amide bonds. The SMILES string of the molecule is CC(C)C(CO)NC(=O)CC(=O)O. The summed E-state index contributed by atoms with van der Waals surface area (Å²) < 4.78 is 0. The van der Waals surface area contributed by atoms with Crippen LogP contribution in [-0.2, 0) is 9.59 Å². The van der Waals surface area contributed by atoms with Gasteiger partial charge in [-0.15, -0.1) is 0 Å². The molecule has 5 heteroatoms. The number of carbonyl (C=O) groups excluding carboxylic acids is 1. The standard InChI is InChI=1S/C8H15NO4/c1-5(2)6(4-10)9-7(11)3-8(12)13/h5-6,10H,3-4H2,1-2H3,(H,9,11)(H,12,13). The van der Waals surface area contributed by atoms with Crippen LogP contribution in [0.15, 0.2) is 0 Å². The molecule has 76 valence electrons. The molecule has 0 aromatic carbocycles. The van der Waals surface area contributed by atoms with E-state index in [1.807, 2.05) is 13.8 Å². The highest BCUT2D eigenvalue weighted by atomic mass is 16.4. The second kappa shape index (κ2) is 5.53. The van der Waals surface area contributed by atoms with E-state index in [0.717, 1.165) is 0 Å². The quantitative estimate of drug-likeness (QED) is 0.513. The maximum atomic E-state index is 10.9. The Hall–Kier alpha value is -1.10. The molecule has 13 heavy (non-hydrogen) atoms. The van der Waals surface area contributed by atoms with E-state index in [1.165, 1.54) is 0 Å². The van der Waals surface area contributed by atoms with E-state index in [9.17, 15) is 9.59 Å². The van der Waals surface area contributed by atoms with Crippen molar-refractivity contribution in [2.24, 2.45) is 5.92 Å². The van der Waals surface area contributed by atoms with Crippen LogP contribution in [-0.4, -0.2) is 34.7 Å². The topological polar surface area (TPSA) is 86.6 Å². The molecule has 0 aliphatic rings. The highest BCUT2D eigenvalue weighted by molar-refractivity contribution is 5.93. The Bertz CT molecular complexity index is 191. The number of hydrogen-bond donors (Lipinski definition) is 3. The lowest BCUT2D eigenvalue weighted by Crippen LogP contribution is -2.41. The largest absolute Gasteiger partial charge is 0.481 e. The first kappa shape index (κ1) is 11.9. The fraction of sp³-hybridized carbons (Fsp3) is 0.750. The average molecular weight is 189 g/mol. The number of aliphatic carboxylic acids is 1. The molecule has 1 unspecified atom stereocenters. The number of hydrogen-bond acceptors (Lipinski definition) is 3. The first-order chi connectivity index (χ1) is 5.97. The van der Waals surface area contributed by atoms with Crippen molar-refractivity contribution < 1.29 is 19.8 Å². The molecule has 1 atom stereocenters. The van der Waals surface area contributed by atoms with E-state index in [1.54, 1.807) is 0 Å². The van der Waals surface area contributed by atoms with E-state index in [4.69, 9.17) is 10.2 Å². The molecule has 5 nitrogen and oxygen atoms in total. The zero-order valence-corrected chi connectivity index (χ0v) is 7.78. The van der Waals surface area contributed by atoms with E-state index < -0.39 is 18.3 Å². The van der Waals surface area contributed by atoms with Gasteiger partial charge in [-0.3, -0.25) is 9.59 Å². The summed E-state index contributed by atoms with van der Waals surface area (Å²) in [6.07, 6.45) is -0.552. The summed E-state index contributed by atoms with van der Waals surface area (Å²) in [5.74, 6) is -1.65. The second-order valence-corrected chi connectivity index (χ2v) is 3.17. The first-order valence-electron chi connectivity index (χ1n) is 4.09. The van der Waals surface area contributed by atoms with Crippen LogP contribution in [0.1, 0.15) is 20.3 Å². The van der Waals surface area contributed by atoms with Crippen molar-refractivity contribution in [1.29, 1.82) is 0 Å². The van der Waals surface area contributed by atoms with E-state index in [2.05, 4.69) is 5.32 Å². The Morgan fingerprint density at radius 1 is 1.38 bits per heavy atom. The van der Waals surface area contributed by atoms with E-state index in [-0.39, 0.29) is 18.6 Å². The molecule has 0 aromatic rings. The Balaban J connectivity index is 3.94. The lowest BCUT2D eigenvalue weighted by atomic mass is 10.1. The van der Waals surface area contributed by atoms with Crippen LogP contribution >= 0.6 is 0 Å². The number of nitrogens with one attached hydrogen (secondary N) is 1. The number of carboxylic acid groups (broad SMARTS) is 1. The van der Waals surface area contributed by atoms with Crippen molar-refractivity contribution in [3.05, 3.63) is 0 Å². The molecule has 0 aromatic heterocycles. The number of aliphatic hydroxyl groups is 1. The molecule has 0 aliphatic carbocycles. The smallest absolute Gasteiger partial charge is 0.312 e. The lowest BCUT2D eigenvalue weighted by molar-refractivity contribution is -0.141. The molecule has 0 heterocycles. The molecule has 0 radical (unpaired) electrons. The van der Waals surface area contributed by atoms with Crippen molar-refractivity contribution in [2.75, 3.05) is 6.61 Å². The van der Waals surface area contributed by atoms with Gasteiger partial charge < -0.3 is 15.5 Å². The van der Waals surface area contributed by atoms with E-state index >= 15 is 0 Å². The number of carboxylic acids is 1. The minimum Gasteiger partial charge on any atom is -0.481 e. The lowest BCUT2D eigenvalue weighted by Gasteiger charge is -2.19. The molecule has 0 saturated carbocycles. The van der Waals surface area contributed by atoms with Crippen LogP contribution in [0.3, 0.4) is 0 Å². The predicted molar refractivity (Wildman–Crippen MR) is 46.1 cm³/mol. The van der Waals surface area contributed by atoms with Gasteiger partial charge in [-0.25, -0.2) is 0 Å². The zero-order valence-electron chi connectivity index (χ0n) is 7.78. The summed E-state index contributed by atoms with van der Waals surface area (Å²) in [7, 11) is 0. The monoisotopic (exact) mass is 189 g/mol. The predicted octanol–water partition coefficient (Wildman–Crippen LogP) is -0.406. The van der Waals surface area contributed by atoms with E-state index in [0.29, 0.717) is 0 Å². The van der Waals surface area contributed by atoms with Gasteiger partial charge in [-0.2, -0.15) is 0 Å². The van der Waals surface area contributed by atoms with Gasteiger partial charge in [0.2, 0.25) is 5.91 Å². The number of rotatable bonds is 5. The highest BCUT2D eigenvalue weighted by Gasteiger charge is 2.16. The van der Waals surface area contributed by atoms with Gasteiger partial charge in [-0.1, -0.05) is 13.8 Å². The van der Waals surface area contributed by atoms with Crippen LogP contribution in [0.25, 0.3) is 0 Å². The second-order valence-electron chi connectivity index (χ2n) is 3.17. The van der Waals surface area contributed by atoms with Gasteiger partial charge in [0.25, 0.3) is 0 Å². The summed E-state index contributed by atoms with van der Waals surface area (Å²) in [4.78, 5) is 21.1. The van der Waals surface area contributed by atoms with Crippen molar-refractivity contribution in [3.8, 4) is 0 Å². The third-order valence-corrected chi connectivity index (χ3v) is 1.66. The van der Waals surface area contributed by atoms with Crippen molar-refractivity contribution in [2.45, 2.75) is 26.3 Å². The highest BCUT2D eigenvalue weighted by Crippen LogP contribution is 2.00. The Labute approximate surface area is 76.8 Å². The van der Waals surface area contributed by atoms with Crippen LogP contribution < -0.4 is 5.32 Å². The first-order valence-corrected chi connectivity index (χ1v) is 4.09. The number of aliphatic hydroxyl groups excluding tert-OH is 1. The van der Waals surface area contributed by atoms with Crippen molar-refractivity contribution in [1.82, 2.24) is 5.32 Å². The van der Waals surface area contributed by atoms with Crippen LogP contribution in [0.5, 0.6) is 0 Å². The average Bonchev–Trinajstić information content (AvgIpc) is 1.98. The summed E-state index contributed by atoms with van der Waals surface area (Å²) in [5.41, 5.74) is 0. The van der Waals surface area contributed by atoms with Crippen LogP contribution in [0, 0.1) is 5.92 Å². The maximum Gasteiger partial charge on any atom is 0.312 e. The van der Waals surface area contributed by atoms with Gasteiger partial charge in [-0.05, 0) is 5.92 Å². The Morgan fingerprint density at radius 2 is 1.92 bits per heavy atom. The summed E-state index contributed by atoms with van der Waals surface area (Å²) in [5, 5.41) is 19.5. The van der Waals surface area contributed by atoms with Gasteiger partial charge >= 0.3 is 5.97 Å². The van der Waals surface area contributed by atoms with Crippen molar-refractivity contribution >= 4 is 11.9 Å². The minimum atomic E-state index is -1.17. The Kier molecular flexibility index (Phi) is 5.06. The third kappa shape index (κ3) is 5.19. The number of carbonyl (C=O) groups is 2. The minimum absolute atomic E-state index is 0.0859. The number of amides is 1. The fourth-order valence-electron chi connectivity index (χ4n) is 0.818. The van der Waals surface area contributed by atoms with Gasteiger partial charge in [0.15, 0.2) is 0 Å². The summed E-state index contributed by atoms with van der Waals surface area (Å²) >= 11 is 0. The normalized spacial score (nSPS) is 12.6.